The lowest BCUT2D eigenvalue weighted by molar-refractivity contribution is 0.0634. The highest BCUT2D eigenvalue weighted by atomic mass is 16.2. The molecule has 1 amide bonds. The lowest BCUT2D eigenvalue weighted by Crippen LogP contribution is -2.50. The van der Waals surface area contributed by atoms with Crippen LogP contribution in [0.2, 0.25) is 0 Å². The van der Waals surface area contributed by atoms with Crippen LogP contribution in [0.25, 0.3) is 0 Å². The highest BCUT2D eigenvalue weighted by Gasteiger charge is 2.27. The fourth-order valence-electron chi connectivity index (χ4n) is 1.07. The minimum absolute atomic E-state index is 0.106. The van der Waals surface area contributed by atoms with Gasteiger partial charge in [-0.25, -0.2) is 0 Å². The minimum Gasteiger partial charge on any atom is -0.334 e. The second-order valence-electron chi connectivity index (χ2n) is 4.10. The first kappa shape index (κ1) is 11.7. The van der Waals surface area contributed by atoms with Crippen molar-refractivity contribution in [2.75, 3.05) is 13.6 Å². The molecule has 2 N–H and O–H groups in total. The van der Waals surface area contributed by atoms with Gasteiger partial charge in [0.2, 0.25) is 0 Å². The van der Waals surface area contributed by atoms with Crippen molar-refractivity contribution in [2.24, 2.45) is 5.73 Å². The van der Waals surface area contributed by atoms with Gasteiger partial charge in [0.25, 0.3) is 5.91 Å². The average molecular weight is 207 g/mol. The molecule has 0 aromatic carbocycles. The van der Waals surface area contributed by atoms with Crippen LogP contribution in [-0.2, 0) is 0 Å². The molecule has 0 aliphatic rings. The van der Waals surface area contributed by atoms with Gasteiger partial charge in [-0.2, -0.15) is 0 Å². The molecule has 4 heteroatoms. The third-order valence-corrected chi connectivity index (χ3v) is 2.60. The third-order valence-electron chi connectivity index (χ3n) is 2.60. The van der Waals surface area contributed by atoms with Crippen LogP contribution in [0.5, 0.6) is 0 Å². The summed E-state index contributed by atoms with van der Waals surface area (Å²) in [6.07, 6.45) is 1.61. The van der Waals surface area contributed by atoms with Crippen LogP contribution in [0.1, 0.15) is 24.3 Å². The molecule has 1 rings (SSSR count). The number of pyridine rings is 1. The monoisotopic (exact) mass is 207 g/mol. The topological polar surface area (TPSA) is 59.2 Å². The van der Waals surface area contributed by atoms with Gasteiger partial charge in [0, 0.05) is 25.3 Å². The summed E-state index contributed by atoms with van der Waals surface area (Å²) in [5.74, 6) is -0.106. The Kier molecular flexibility index (Phi) is 3.42. The van der Waals surface area contributed by atoms with Gasteiger partial charge in [-0.15, -0.1) is 0 Å². The van der Waals surface area contributed by atoms with Gasteiger partial charge < -0.3 is 10.6 Å². The Hall–Kier alpha value is -1.42. The van der Waals surface area contributed by atoms with Gasteiger partial charge in [-0.1, -0.05) is 6.07 Å². The standard InChI is InChI=1S/C11H17N3O/c1-11(2,8-12)14(3)10(15)9-6-4-5-7-13-9/h4-7H,8,12H2,1-3H3. The molecule has 0 aliphatic heterocycles. The van der Waals surface area contributed by atoms with Crippen molar-refractivity contribution in [3.63, 3.8) is 0 Å². The van der Waals surface area contributed by atoms with Crippen LogP contribution in [0, 0.1) is 0 Å². The molecule has 1 aromatic heterocycles. The van der Waals surface area contributed by atoms with Crippen LogP contribution in [0.15, 0.2) is 24.4 Å². The highest BCUT2D eigenvalue weighted by molar-refractivity contribution is 5.92. The van der Waals surface area contributed by atoms with E-state index in [0.717, 1.165) is 0 Å². The molecule has 0 atom stereocenters. The Balaban J connectivity index is 2.87. The maximum absolute atomic E-state index is 12.0. The number of nitrogens with two attached hydrogens (primary N) is 1. The Labute approximate surface area is 90.1 Å². The molecule has 0 bridgehead atoms. The SMILES string of the molecule is CN(C(=O)c1ccccn1)C(C)(C)CN. The minimum atomic E-state index is -0.353. The smallest absolute Gasteiger partial charge is 0.272 e. The Morgan fingerprint density at radius 3 is 2.67 bits per heavy atom. The Bertz CT molecular complexity index is 335. The van der Waals surface area contributed by atoms with E-state index < -0.39 is 0 Å². The second kappa shape index (κ2) is 4.40. The fourth-order valence-corrected chi connectivity index (χ4v) is 1.07. The number of carbonyl (C=O) groups is 1. The van der Waals surface area contributed by atoms with Crippen LogP contribution < -0.4 is 5.73 Å². The van der Waals surface area contributed by atoms with E-state index in [-0.39, 0.29) is 11.4 Å². The molecule has 4 nitrogen and oxygen atoms in total. The van der Waals surface area contributed by atoms with Crippen LogP contribution in [0.3, 0.4) is 0 Å². The fraction of sp³-hybridized carbons (Fsp3) is 0.455. The number of aromatic nitrogens is 1. The van der Waals surface area contributed by atoms with Crippen molar-refractivity contribution in [1.29, 1.82) is 0 Å². The quantitative estimate of drug-likeness (QED) is 0.800. The maximum atomic E-state index is 12.0. The number of likely N-dealkylation sites (N-methyl/N-ethyl adjacent to an activating group) is 1. The molecule has 82 valence electrons. The van der Waals surface area contributed by atoms with Crippen molar-refractivity contribution in [2.45, 2.75) is 19.4 Å². The van der Waals surface area contributed by atoms with E-state index in [1.54, 1.807) is 36.3 Å². The number of amides is 1. The molecule has 0 aliphatic carbocycles. The van der Waals surface area contributed by atoms with Gasteiger partial charge in [-0.05, 0) is 26.0 Å². The molecule has 0 saturated heterocycles. The first-order chi connectivity index (χ1) is 6.99. The zero-order chi connectivity index (χ0) is 11.5. The van der Waals surface area contributed by atoms with Crippen molar-refractivity contribution >= 4 is 5.91 Å². The third kappa shape index (κ3) is 2.53. The first-order valence-electron chi connectivity index (χ1n) is 4.88. The summed E-state index contributed by atoms with van der Waals surface area (Å²) in [4.78, 5) is 17.6. The summed E-state index contributed by atoms with van der Waals surface area (Å²) in [6.45, 7) is 4.27. The van der Waals surface area contributed by atoms with E-state index in [4.69, 9.17) is 5.73 Å². The summed E-state index contributed by atoms with van der Waals surface area (Å²) >= 11 is 0. The molecular formula is C11H17N3O. The van der Waals surface area contributed by atoms with Gasteiger partial charge in [0.15, 0.2) is 0 Å². The van der Waals surface area contributed by atoms with E-state index in [9.17, 15) is 4.79 Å². The summed E-state index contributed by atoms with van der Waals surface area (Å²) in [6, 6.07) is 5.28. The summed E-state index contributed by atoms with van der Waals surface area (Å²) in [5.41, 5.74) is 5.70. The van der Waals surface area contributed by atoms with Crippen molar-refractivity contribution in [1.82, 2.24) is 9.88 Å². The van der Waals surface area contributed by atoms with Gasteiger partial charge >= 0.3 is 0 Å². The maximum Gasteiger partial charge on any atom is 0.272 e. The predicted octanol–water partition coefficient (Wildman–Crippen LogP) is 0.891. The van der Waals surface area contributed by atoms with Crippen LogP contribution in [-0.4, -0.2) is 34.9 Å². The number of rotatable bonds is 3. The van der Waals surface area contributed by atoms with E-state index in [2.05, 4.69) is 4.98 Å². The molecule has 0 fully saturated rings. The number of hydrogen-bond donors (Lipinski definition) is 1. The molecule has 0 radical (unpaired) electrons. The van der Waals surface area contributed by atoms with E-state index in [0.29, 0.717) is 12.2 Å². The largest absolute Gasteiger partial charge is 0.334 e. The van der Waals surface area contributed by atoms with Crippen molar-refractivity contribution < 1.29 is 4.79 Å². The molecular weight excluding hydrogens is 190 g/mol. The summed E-state index contributed by atoms with van der Waals surface area (Å²) < 4.78 is 0. The predicted molar refractivity (Wildman–Crippen MR) is 59.5 cm³/mol. The van der Waals surface area contributed by atoms with Crippen molar-refractivity contribution in [3.05, 3.63) is 30.1 Å². The zero-order valence-electron chi connectivity index (χ0n) is 9.40. The molecule has 0 saturated carbocycles. The number of nitrogens with zero attached hydrogens (tertiary/aromatic N) is 2. The molecule has 0 spiro atoms. The molecule has 1 aromatic rings. The van der Waals surface area contributed by atoms with Crippen molar-refractivity contribution in [3.8, 4) is 0 Å². The van der Waals surface area contributed by atoms with E-state index in [1.165, 1.54) is 0 Å². The van der Waals surface area contributed by atoms with Gasteiger partial charge in [-0.3, -0.25) is 9.78 Å². The molecule has 15 heavy (non-hydrogen) atoms. The lowest BCUT2D eigenvalue weighted by atomic mass is 10.0. The van der Waals surface area contributed by atoms with Gasteiger partial charge in [0.05, 0.1) is 0 Å². The summed E-state index contributed by atoms with van der Waals surface area (Å²) in [7, 11) is 1.74. The highest BCUT2D eigenvalue weighted by Crippen LogP contribution is 2.13. The summed E-state index contributed by atoms with van der Waals surface area (Å²) in [5, 5.41) is 0. The Morgan fingerprint density at radius 1 is 1.53 bits per heavy atom. The van der Waals surface area contributed by atoms with Crippen LogP contribution >= 0.6 is 0 Å². The van der Waals surface area contributed by atoms with E-state index >= 15 is 0 Å². The normalized spacial score (nSPS) is 11.2. The zero-order valence-corrected chi connectivity index (χ0v) is 9.40. The second-order valence-corrected chi connectivity index (χ2v) is 4.10. The van der Waals surface area contributed by atoms with Gasteiger partial charge in [0.1, 0.15) is 5.69 Å². The Morgan fingerprint density at radius 2 is 2.20 bits per heavy atom. The molecule has 1 heterocycles. The average Bonchev–Trinajstić information content (AvgIpc) is 2.28. The number of carbonyl (C=O) groups excluding carboxylic acids is 1. The number of hydrogen-bond acceptors (Lipinski definition) is 3. The lowest BCUT2D eigenvalue weighted by Gasteiger charge is -2.34. The van der Waals surface area contributed by atoms with E-state index in [1.807, 2.05) is 13.8 Å². The molecule has 0 unspecified atom stereocenters. The van der Waals surface area contributed by atoms with Crippen LogP contribution in [0.4, 0.5) is 0 Å². The first-order valence-corrected chi connectivity index (χ1v) is 4.88.